The van der Waals surface area contributed by atoms with Crippen LogP contribution in [0.2, 0.25) is 0 Å². The molecule has 29 heavy (non-hydrogen) atoms. The number of ether oxygens (including phenoxy) is 2. The second kappa shape index (κ2) is 8.53. The van der Waals surface area contributed by atoms with Crippen LogP contribution in [0.25, 0.3) is 11.3 Å². The predicted octanol–water partition coefficient (Wildman–Crippen LogP) is 4.00. The van der Waals surface area contributed by atoms with E-state index in [4.69, 9.17) is 9.47 Å². The van der Waals surface area contributed by atoms with Crippen molar-refractivity contribution in [1.82, 2.24) is 4.57 Å². The van der Waals surface area contributed by atoms with Crippen LogP contribution in [0.3, 0.4) is 0 Å². The van der Waals surface area contributed by atoms with Crippen molar-refractivity contribution < 1.29 is 18.3 Å². The normalized spacial score (nSPS) is 18.3. The lowest BCUT2D eigenvalue weighted by Crippen LogP contribution is -2.30. The minimum atomic E-state index is -2.51. The third kappa shape index (κ3) is 4.29. The molecule has 0 aliphatic carbocycles. The fraction of sp³-hybridized carbons (Fsp3) is 0.500. The van der Waals surface area contributed by atoms with Gasteiger partial charge in [-0.2, -0.15) is 0 Å². The molecule has 4 rings (SSSR count). The van der Waals surface area contributed by atoms with Crippen LogP contribution in [-0.4, -0.2) is 36.9 Å². The van der Waals surface area contributed by atoms with Gasteiger partial charge in [-0.25, -0.2) is 8.78 Å². The highest BCUT2D eigenvalue weighted by atomic mass is 19.3. The molecule has 1 N–H and O–H groups in total. The molecule has 2 aromatic rings. The Morgan fingerprint density at radius 2 is 2.17 bits per heavy atom. The standard InChI is InChI=1S/C22H26F2N2O3/c1-14-19(27)11-21(25-12-17-4-2-3-9-28-17)26-8-7-15-10-16(29-13-20(23)24)5-6-18(15)22(14)26/h5-6,10-11,17,20,25H,2-4,7-9,12-13H2,1H3. The molecule has 1 aromatic heterocycles. The second-order valence-corrected chi connectivity index (χ2v) is 7.66. The number of benzene rings is 1. The molecule has 156 valence electrons. The molecule has 0 bridgehead atoms. The van der Waals surface area contributed by atoms with Crippen LogP contribution in [0.5, 0.6) is 5.75 Å². The number of nitrogens with one attached hydrogen (secondary N) is 1. The smallest absolute Gasteiger partial charge is 0.272 e. The van der Waals surface area contributed by atoms with Gasteiger partial charge >= 0.3 is 0 Å². The number of halogens is 2. The van der Waals surface area contributed by atoms with Gasteiger partial charge in [0.1, 0.15) is 18.2 Å². The maximum Gasteiger partial charge on any atom is 0.272 e. The van der Waals surface area contributed by atoms with Gasteiger partial charge in [-0.1, -0.05) is 0 Å². The third-order valence-corrected chi connectivity index (χ3v) is 5.65. The highest BCUT2D eigenvalue weighted by Gasteiger charge is 2.23. The number of nitrogens with zero attached hydrogens (tertiary/aromatic N) is 1. The van der Waals surface area contributed by atoms with E-state index in [1.807, 2.05) is 13.0 Å². The zero-order chi connectivity index (χ0) is 20.4. The molecule has 1 unspecified atom stereocenters. The average molecular weight is 404 g/mol. The van der Waals surface area contributed by atoms with Gasteiger partial charge in [0.25, 0.3) is 6.43 Å². The highest BCUT2D eigenvalue weighted by molar-refractivity contribution is 5.72. The van der Waals surface area contributed by atoms with Crippen molar-refractivity contribution in [1.29, 1.82) is 0 Å². The van der Waals surface area contributed by atoms with Crippen molar-refractivity contribution in [3.8, 4) is 17.0 Å². The minimum absolute atomic E-state index is 0.0193. The van der Waals surface area contributed by atoms with E-state index in [1.54, 1.807) is 18.2 Å². The minimum Gasteiger partial charge on any atom is -0.488 e. The molecule has 0 amide bonds. The van der Waals surface area contributed by atoms with Crippen LogP contribution in [0.1, 0.15) is 30.4 Å². The summed E-state index contributed by atoms with van der Waals surface area (Å²) in [5.41, 5.74) is 3.51. The number of anilines is 1. The van der Waals surface area contributed by atoms with Gasteiger partial charge in [0.15, 0.2) is 5.43 Å². The lowest BCUT2D eigenvalue weighted by atomic mass is 9.94. The van der Waals surface area contributed by atoms with E-state index in [1.165, 1.54) is 6.42 Å². The summed E-state index contributed by atoms with van der Waals surface area (Å²) in [7, 11) is 0. The first-order valence-corrected chi connectivity index (χ1v) is 10.2. The fourth-order valence-electron chi connectivity index (χ4n) is 4.15. The Balaban J connectivity index is 1.63. The number of alkyl halides is 2. The molecule has 5 nitrogen and oxygen atoms in total. The molecule has 2 aliphatic heterocycles. The summed E-state index contributed by atoms with van der Waals surface area (Å²) >= 11 is 0. The Morgan fingerprint density at radius 1 is 1.31 bits per heavy atom. The number of hydrogen-bond acceptors (Lipinski definition) is 4. The summed E-state index contributed by atoms with van der Waals surface area (Å²) in [4.78, 5) is 12.6. The van der Waals surface area contributed by atoms with Gasteiger partial charge in [0, 0.05) is 36.9 Å². The molecule has 0 spiro atoms. The van der Waals surface area contributed by atoms with Crippen molar-refractivity contribution in [3.05, 3.63) is 45.6 Å². The monoisotopic (exact) mass is 404 g/mol. The number of rotatable bonds is 6. The largest absolute Gasteiger partial charge is 0.488 e. The first-order chi connectivity index (χ1) is 14.0. The number of hydrogen-bond donors (Lipinski definition) is 1. The number of pyridine rings is 1. The lowest BCUT2D eigenvalue weighted by Gasteiger charge is -2.29. The number of aryl methyl sites for hydroxylation is 1. The van der Waals surface area contributed by atoms with Crippen molar-refractivity contribution in [2.75, 3.05) is 25.1 Å². The van der Waals surface area contributed by atoms with Gasteiger partial charge in [0.05, 0.1) is 11.8 Å². The predicted molar refractivity (Wildman–Crippen MR) is 108 cm³/mol. The van der Waals surface area contributed by atoms with Crippen LogP contribution in [0, 0.1) is 6.92 Å². The Kier molecular flexibility index (Phi) is 5.85. The quantitative estimate of drug-likeness (QED) is 0.791. The summed E-state index contributed by atoms with van der Waals surface area (Å²) in [5.74, 6) is 1.23. The Bertz CT molecular complexity index is 936. The Labute approximate surface area is 168 Å². The molecule has 1 aromatic carbocycles. The Hall–Kier alpha value is -2.41. The molecule has 0 radical (unpaired) electrons. The molecule has 7 heteroatoms. The van der Waals surface area contributed by atoms with Crippen molar-refractivity contribution in [2.24, 2.45) is 0 Å². The van der Waals surface area contributed by atoms with Gasteiger partial charge in [0.2, 0.25) is 0 Å². The van der Waals surface area contributed by atoms with Gasteiger partial charge in [-0.15, -0.1) is 0 Å². The topological polar surface area (TPSA) is 52.5 Å². The van der Waals surface area contributed by atoms with E-state index >= 15 is 0 Å². The van der Waals surface area contributed by atoms with Crippen molar-refractivity contribution in [2.45, 2.75) is 51.7 Å². The molecule has 2 aliphatic rings. The van der Waals surface area contributed by atoms with Crippen LogP contribution in [-0.2, 0) is 17.7 Å². The average Bonchev–Trinajstić information content (AvgIpc) is 2.73. The molecule has 1 fully saturated rings. The molecule has 0 saturated carbocycles. The van der Waals surface area contributed by atoms with E-state index < -0.39 is 13.0 Å². The summed E-state index contributed by atoms with van der Waals surface area (Å²) in [6.07, 6.45) is 1.71. The van der Waals surface area contributed by atoms with Gasteiger partial charge in [-0.05, 0) is 56.4 Å². The number of fused-ring (bicyclic) bond motifs is 3. The lowest BCUT2D eigenvalue weighted by molar-refractivity contribution is 0.0247. The maximum atomic E-state index is 12.6. The van der Waals surface area contributed by atoms with Crippen LogP contribution < -0.4 is 15.5 Å². The van der Waals surface area contributed by atoms with E-state index in [9.17, 15) is 13.6 Å². The van der Waals surface area contributed by atoms with Crippen LogP contribution in [0.15, 0.2) is 29.1 Å². The maximum absolute atomic E-state index is 12.6. The first-order valence-electron chi connectivity index (χ1n) is 10.2. The van der Waals surface area contributed by atoms with Crippen molar-refractivity contribution >= 4 is 5.82 Å². The molecular weight excluding hydrogens is 378 g/mol. The fourth-order valence-corrected chi connectivity index (χ4v) is 4.15. The zero-order valence-electron chi connectivity index (χ0n) is 16.5. The first kappa shape index (κ1) is 19.9. The number of aromatic nitrogens is 1. The van der Waals surface area contributed by atoms with Gasteiger partial charge in [-0.3, -0.25) is 4.79 Å². The summed E-state index contributed by atoms with van der Waals surface area (Å²) in [6.45, 7) is 3.39. The SMILES string of the molecule is Cc1c2n(c(NCC3CCCCO3)cc1=O)CCc1cc(OCC(F)F)ccc1-2. The third-order valence-electron chi connectivity index (χ3n) is 5.65. The van der Waals surface area contributed by atoms with Crippen LogP contribution in [0.4, 0.5) is 14.6 Å². The molecule has 1 atom stereocenters. The molecule has 3 heterocycles. The van der Waals surface area contributed by atoms with Gasteiger partial charge < -0.3 is 19.4 Å². The zero-order valence-corrected chi connectivity index (χ0v) is 16.5. The molecular formula is C22H26F2N2O3. The van der Waals surface area contributed by atoms with E-state index in [-0.39, 0.29) is 11.5 Å². The summed E-state index contributed by atoms with van der Waals surface area (Å²) in [5, 5.41) is 3.42. The molecule has 1 saturated heterocycles. The Morgan fingerprint density at radius 3 is 2.93 bits per heavy atom. The second-order valence-electron chi connectivity index (χ2n) is 7.66. The van der Waals surface area contributed by atoms with E-state index in [0.29, 0.717) is 24.4 Å². The van der Waals surface area contributed by atoms with Crippen molar-refractivity contribution in [3.63, 3.8) is 0 Å². The van der Waals surface area contributed by atoms with E-state index in [2.05, 4.69) is 9.88 Å². The summed E-state index contributed by atoms with van der Waals surface area (Å²) < 4.78 is 37.9. The highest BCUT2D eigenvalue weighted by Crippen LogP contribution is 2.35. The van der Waals surface area contributed by atoms with Crippen LogP contribution >= 0.6 is 0 Å². The van der Waals surface area contributed by atoms with E-state index in [0.717, 1.165) is 48.5 Å². The summed E-state index contributed by atoms with van der Waals surface area (Å²) in [6, 6.07) is 7.02.